The molecule has 0 unspecified atom stereocenters. The molecule has 0 aromatic heterocycles. The maximum atomic E-state index is 11.5. The smallest absolute Gasteiger partial charge is 0.239 e. The Hall–Kier alpha value is -1.10. The van der Waals surface area contributed by atoms with Gasteiger partial charge in [0.1, 0.15) is 0 Å². The number of aliphatic hydroxyl groups is 1. The van der Waals surface area contributed by atoms with E-state index in [0.717, 1.165) is 6.42 Å². The highest BCUT2D eigenvalue weighted by atomic mass is 16.3. The molecule has 0 aliphatic carbocycles. The van der Waals surface area contributed by atoms with Crippen LogP contribution < -0.4 is 5.32 Å². The molecule has 5 heteroatoms. The first-order valence-electron chi connectivity index (χ1n) is 5.73. The van der Waals surface area contributed by atoms with Crippen LogP contribution in [0.1, 0.15) is 32.6 Å². The van der Waals surface area contributed by atoms with Crippen molar-refractivity contribution < 1.29 is 14.7 Å². The average Bonchev–Trinajstić information content (AvgIpc) is 2.26. The van der Waals surface area contributed by atoms with Crippen molar-refractivity contribution in [2.75, 3.05) is 26.7 Å². The van der Waals surface area contributed by atoms with Crippen LogP contribution in [0.3, 0.4) is 0 Å². The monoisotopic (exact) mass is 230 g/mol. The normalized spacial score (nSPS) is 9.94. The number of carbonyl (C=O) groups is 2. The van der Waals surface area contributed by atoms with Crippen molar-refractivity contribution in [3.05, 3.63) is 0 Å². The highest BCUT2D eigenvalue weighted by molar-refractivity contribution is 5.84. The lowest BCUT2D eigenvalue weighted by molar-refractivity contribution is -0.134. The van der Waals surface area contributed by atoms with E-state index in [1.165, 1.54) is 4.90 Å². The quantitative estimate of drug-likeness (QED) is 0.582. The molecule has 0 aliphatic rings. The van der Waals surface area contributed by atoms with Crippen molar-refractivity contribution in [1.82, 2.24) is 10.2 Å². The first-order valence-corrected chi connectivity index (χ1v) is 5.73. The summed E-state index contributed by atoms with van der Waals surface area (Å²) in [5.41, 5.74) is 0. The van der Waals surface area contributed by atoms with Gasteiger partial charge in [-0.3, -0.25) is 9.59 Å². The van der Waals surface area contributed by atoms with E-state index in [4.69, 9.17) is 5.11 Å². The van der Waals surface area contributed by atoms with Crippen molar-refractivity contribution in [3.8, 4) is 0 Å². The van der Waals surface area contributed by atoms with E-state index in [1.807, 2.05) is 6.92 Å². The maximum Gasteiger partial charge on any atom is 0.239 e. The molecule has 0 aromatic rings. The van der Waals surface area contributed by atoms with Crippen LogP contribution in [0.2, 0.25) is 0 Å². The number of rotatable bonds is 8. The third kappa shape index (κ3) is 7.23. The number of amides is 2. The Bertz CT molecular complexity index is 219. The number of nitrogens with zero attached hydrogens (tertiary/aromatic N) is 1. The lowest BCUT2D eigenvalue weighted by Gasteiger charge is -2.16. The Balaban J connectivity index is 3.73. The minimum absolute atomic E-state index is 0.0555. The summed E-state index contributed by atoms with van der Waals surface area (Å²) in [5, 5.41) is 11.3. The molecule has 0 spiro atoms. The molecule has 0 rings (SSSR count). The molecule has 94 valence electrons. The average molecular weight is 230 g/mol. The summed E-state index contributed by atoms with van der Waals surface area (Å²) >= 11 is 0. The molecule has 0 bridgehead atoms. The first-order chi connectivity index (χ1) is 7.61. The van der Waals surface area contributed by atoms with Gasteiger partial charge >= 0.3 is 0 Å². The van der Waals surface area contributed by atoms with Crippen molar-refractivity contribution >= 4 is 11.8 Å². The van der Waals surface area contributed by atoms with E-state index in [0.29, 0.717) is 25.8 Å². The van der Waals surface area contributed by atoms with Crippen LogP contribution >= 0.6 is 0 Å². The molecule has 5 nitrogen and oxygen atoms in total. The highest BCUT2D eigenvalue weighted by Gasteiger charge is 2.11. The van der Waals surface area contributed by atoms with Gasteiger partial charge in [0.2, 0.25) is 11.8 Å². The van der Waals surface area contributed by atoms with Gasteiger partial charge in [-0.25, -0.2) is 0 Å². The van der Waals surface area contributed by atoms with Gasteiger partial charge in [0, 0.05) is 26.6 Å². The standard InChI is InChI=1S/C11H22N2O3/c1-3-7-12-10(15)9-13(2)11(16)6-4-5-8-14/h14H,3-9H2,1-2H3,(H,12,15). The van der Waals surface area contributed by atoms with Gasteiger partial charge in [-0.1, -0.05) is 6.92 Å². The fourth-order valence-corrected chi connectivity index (χ4v) is 1.20. The third-order valence-corrected chi connectivity index (χ3v) is 2.18. The zero-order valence-corrected chi connectivity index (χ0v) is 10.2. The number of unbranched alkanes of at least 4 members (excludes halogenated alkanes) is 1. The molecule has 0 atom stereocenters. The summed E-state index contributed by atoms with van der Waals surface area (Å²) in [7, 11) is 1.62. The number of aliphatic hydroxyl groups excluding tert-OH is 1. The van der Waals surface area contributed by atoms with E-state index in [1.54, 1.807) is 7.05 Å². The second-order valence-corrected chi connectivity index (χ2v) is 3.78. The molecule has 0 heterocycles. The van der Waals surface area contributed by atoms with Crippen LogP contribution in [0.5, 0.6) is 0 Å². The van der Waals surface area contributed by atoms with E-state index in [9.17, 15) is 9.59 Å². The summed E-state index contributed by atoms with van der Waals surface area (Å²) < 4.78 is 0. The van der Waals surface area contributed by atoms with Crippen molar-refractivity contribution in [1.29, 1.82) is 0 Å². The van der Waals surface area contributed by atoms with Crippen LogP contribution in [0.4, 0.5) is 0 Å². The van der Waals surface area contributed by atoms with E-state index < -0.39 is 0 Å². The first kappa shape index (κ1) is 14.9. The van der Waals surface area contributed by atoms with Gasteiger partial charge in [0.25, 0.3) is 0 Å². The van der Waals surface area contributed by atoms with Gasteiger partial charge in [0.15, 0.2) is 0 Å². The van der Waals surface area contributed by atoms with E-state index in [-0.39, 0.29) is 25.0 Å². The zero-order valence-electron chi connectivity index (χ0n) is 10.2. The molecule has 16 heavy (non-hydrogen) atoms. The summed E-state index contributed by atoms with van der Waals surface area (Å²) in [4.78, 5) is 24.2. The summed E-state index contributed by atoms with van der Waals surface area (Å²) in [6, 6.07) is 0. The maximum absolute atomic E-state index is 11.5. The van der Waals surface area contributed by atoms with Crippen LogP contribution in [0.15, 0.2) is 0 Å². The molecule has 2 N–H and O–H groups in total. The largest absolute Gasteiger partial charge is 0.396 e. The van der Waals surface area contributed by atoms with Crippen LogP contribution in [0.25, 0.3) is 0 Å². The third-order valence-electron chi connectivity index (χ3n) is 2.18. The minimum atomic E-state index is -0.125. The number of likely N-dealkylation sites (N-methyl/N-ethyl adjacent to an activating group) is 1. The predicted octanol–water partition coefficient (Wildman–Crippen LogP) is 0.134. The minimum Gasteiger partial charge on any atom is -0.396 e. The molecular formula is C11H22N2O3. The van der Waals surface area contributed by atoms with Gasteiger partial charge in [-0.15, -0.1) is 0 Å². The Kier molecular flexibility index (Phi) is 8.52. The molecule has 0 aromatic carbocycles. The van der Waals surface area contributed by atoms with Gasteiger partial charge in [-0.2, -0.15) is 0 Å². The van der Waals surface area contributed by atoms with Crippen LogP contribution in [-0.2, 0) is 9.59 Å². The highest BCUT2D eigenvalue weighted by Crippen LogP contribution is 1.98. The molecule has 0 radical (unpaired) electrons. The van der Waals surface area contributed by atoms with Gasteiger partial charge < -0.3 is 15.3 Å². The zero-order chi connectivity index (χ0) is 12.4. The van der Waals surface area contributed by atoms with Gasteiger partial charge in [-0.05, 0) is 19.3 Å². The van der Waals surface area contributed by atoms with Crippen molar-refractivity contribution in [2.45, 2.75) is 32.6 Å². The second kappa shape index (κ2) is 9.15. The fraction of sp³-hybridized carbons (Fsp3) is 0.818. The number of hydrogen-bond donors (Lipinski definition) is 2. The van der Waals surface area contributed by atoms with Crippen molar-refractivity contribution in [2.24, 2.45) is 0 Å². The number of carbonyl (C=O) groups excluding carboxylic acids is 2. The summed E-state index contributed by atoms with van der Waals surface area (Å²) in [6.45, 7) is 2.83. The van der Waals surface area contributed by atoms with Crippen molar-refractivity contribution in [3.63, 3.8) is 0 Å². The lowest BCUT2D eigenvalue weighted by Crippen LogP contribution is -2.38. The van der Waals surface area contributed by atoms with Crippen LogP contribution in [0, 0.1) is 0 Å². The molecule has 2 amide bonds. The van der Waals surface area contributed by atoms with Gasteiger partial charge in [0.05, 0.1) is 6.54 Å². The molecular weight excluding hydrogens is 208 g/mol. The predicted molar refractivity (Wildman–Crippen MR) is 61.9 cm³/mol. The Morgan fingerprint density at radius 3 is 2.56 bits per heavy atom. The number of nitrogens with one attached hydrogen (secondary N) is 1. The summed E-state index contributed by atoms with van der Waals surface area (Å²) in [5.74, 6) is -0.181. The summed E-state index contributed by atoms with van der Waals surface area (Å²) in [6.07, 6.45) is 2.57. The topological polar surface area (TPSA) is 69.6 Å². The Morgan fingerprint density at radius 2 is 2.00 bits per heavy atom. The molecule has 0 saturated heterocycles. The Labute approximate surface area is 96.8 Å². The van der Waals surface area contributed by atoms with Crippen LogP contribution in [-0.4, -0.2) is 48.6 Å². The Morgan fingerprint density at radius 1 is 1.31 bits per heavy atom. The number of hydrogen-bond acceptors (Lipinski definition) is 3. The van der Waals surface area contributed by atoms with E-state index >= 15 is 0 Å². The second-order valence-electron chi connectivity index (χ2n) is 3.78. The molecule has 0 saturated carbocycles. The lowest BCUT2D eigenvalue weighted by atomic mass is 10.2. The molecule has 0 aliphatic heterocycles. The van der Waals surface area contributed by atoms with E-state index in [2.05, 4.69) is 5.32 Å². The SMILES string of the molecule is CCCNC(=O)CN(C)C(=O)CCCCO. The fourth-order valence-electron chi connectivity index (χ4n) is 1.20. The molecule has 0 fully saturated rings.